The molecule has 3 N–H and O–H groups in total. The van der Waals surface area contributed by atoms with Gasteiger partial charge in [0.1, 0.15) is 5.69 Å². The number of rotatable bonds is 4. The van der Waals surface area contributed by atoms with Crippen LogP contribution in [-0.2, 0) is 4.79 Å². The predicted octanol–water partition coefficient (Wildman–Crippen LogP) is 4.45. The molecule has 0 radical (unpaired) electrons. The van der Waals surface area contributed by atoms with Crippen LogP contribution in [-0.4, -0.2) is 39.3 Å². The monoisotopic (exact) mass is 469 g/mol. The van der Waals surface area contributed by atoms with Gasteiger partial charge in [-0.25, -0.2) is 4.98 Å². The Morgan fingerprint density at radius 2 is 1.77 bits per heavy atom. The maximum absolute atomic E-state index is 14.1. The highest BCUT2D eigenvalue weighted by molar-refractivity contribution is 5.93. The highest BCUT2D eigenvalue weighted by atomic mass is 16.2. The van der Waals surface area contributed by atoms with E-state index < -0.39 is 0 Å². The van der Waals surface area contributed by atoms with Crippen molar-refractivity contribution in [3.8, 4) is 0 Å². The Bertz CT molecular complexity index is 1200. The first-order chi connectivity index (χ1) is 17.2. The predicted molar refractivity (Wildman–Crippen MR) is 134 cm³/mol. The van der Waals surface area contributed by atoms with Crippen molar-refractivity contribution in [1.82, 2.24) is 20.2 Å². The third-order valence-electron chi connectivity index (χ3n) is 8.05. The fraction of sp³-hybridized carbons (Fsp3) is 0.393. The molecule has 0 unspecified atom stereocenters. The third kappa shape index (κ3) is 3.99. The topological polar surface area (TPSA) is 90.1 Å². The average molecular weight is 470 g/mol. The summed E-state index contributed by atoms with van der Waals surface area (Å²) in [6, 6.07) is 19.0. The lowest BCUT2D eigenvalue weighted by Gasteiger charge is -2.42. The van der Waals surface area contributed by atoms with E-state index in [1.54, 1.807) is 0 Å². The molecule has 2 amide bonds. The molecule has 1 aromatic heterocycles. The largest absolute Gasteiger partial charge is 0.378 e. The lowest BCUT2D eigenvalue weighted by Crippen LogP contribution is -2.50. The van der Waals surface area contributed by atoms with Crippen molar-refractivity contribution in [3.63, 3.8) is 0 Å². The number of aromatic amines is 1. The molecule has 0 spiro atoms. The summed E-state index contributed by atoms with van der Waals surface area (Å²) in [4.78, 5) is 35.8. The van der Waals surface area contributed by atoms with E-state index in [9.17, 15) is 9.59 Å². The number of anilines is 1. The van der Waals surface area contributed by atoms with Gasteiger partial charge in [0.25, 0.3) is 5.91 Å². The maximum Gasteiger partial charge on any atom is 0.269 e. The number of amides is 2. The summed E-state index contributed by atoms with van der Waals surface area (Å²) in [5, 5.41) is 6.90. The molecule has 180 valence electrons. The Labute approximate surface area is 205 Å². The molecule has 0 bridgehead atoms. The first-order valence-electron chi connectivity index (χ1n) is 12.7. The Kier molecular flexibility index (Phi) is 5.76. The Morgan fingerprint density at radius 3 is 2.60 bits per heavy atom. The zero-order chi connectivity index (χ0) is 23.8. The zero-order valence-corrected chi connectivity index (χ0v) is 19.7. The number of aromatic nitrogens is 2. The van der Waals surface area contributed by atoms with E-state index >= 15 is 0 Å². The van der Waals surface area contributed by atoms with E-state index in [-0.39, 0.29) is 35.9 Å². The van der Waals surface area contributed by atoms with Crippen LogP contribution in [0.15, 0.2) is 67.1 Å². The minimum absolute atomic E-state index is 0.0380. The summed E-state index contributed by atoms with van der Waals surface area (Å²) in [5.74, 6) is 0.0861. The van der Waals surface area contributed by atoms with Gasteiger partial charge in [-0.05, 0) is 36.5 Å². The molecule has 1 aliphatic carbocycles. The molecular formula is C28H31N5O2. The van der Waals surface area contributed by atoms with Gasteiger partial charge in [0.15, 0.2) is 0 Å². The van der Waals surface area contributed by atoms with E-state index in [4.69, 9.17) is 0 Å². The molecule has 1 saturated carbocycles. The van der Waals surface area contributed by atoms with Gasteiger partial charge in [-0.3, -0.25) is 9.59 Å². The van der Waals surface area contributed by atoms with Crippen molar-refractivity contribution in [1.29, 1.82) is 0 Å². The van der Waals surface area contributed by atoms with Crippen molar-refractivity contribution in [2.24, 2.45) is 11.8 Å². The first kappa shape index (κ1) is 21.9. The van der Waals surface area contributed by atoms with Crippen LogP contribution in [0.25, 0.3) is 0 Å². The van der Waals surface area contributed by atoms with E-state index in [0.29, 0.717) is 11.6 Å². The molecule has 5 atom stereocenters. The molecule has 2 aliphatic heterocycles. The molecule has 2 fully saturated rings. The number of likely N-dealkylation sites (tertiary alicyclic amines) is 1. The first-order valence-corrected chi connectivity index (χ1v) is 12.7. The summed E-state index contributed by atoms with van der Waals surface area (Å²) >= 11 is 0. The second-order valence-electron chi connectivity index (χ2n) is 9.99. The molecule has 7 heteroatoms. The van der Waals surface area contributed by atoms with Crippen LogP contribution in [0, 0.1) is 11.8 Å². The van der Waals surface area contributed by atoms with Gasteiger partial charge in [0.05, 0.1) is 30.5 Å². The third-order valence-corrected chi connectivity index (χ3v) is 8.05. The van der Waals surface area contributed by atoms with E-state index in [0.717, 1.165) is 44.3 Å². The Hall–Kier alpha value is -3.61. The van der Waals surface area contributed by atoms with Gasteiger partial charge in [-0.2, -0.15) is 0 Å². The number of hydrogen-bond acceptors (Lipinski definition) is 4. The molecule has 3 aromatic rings. The molecule has 2 aromatic carbocycles. The molecule has 35 heavy (non-hydrogen) atoms. The van der Waals surface area contributed by atoms with Crippen LogP contribution in [0.4, 0.5) is 5.69 Å². The number of nitrogens with zero attached hydrogens (tertiary/aromatic N) is 2. The lowest BCUT2D eigenvalue weighted by molar-refractivity contribution is -0.138. The van der Waals surface area contributed by atoms with Crippen LogP contribution in [0.3, 0.4) is 0 Å². The molecule has 7 nitrogen and oxygen atoms in total. The van der Waals surface area contributed by atoms with Crippen molar-refractivity contribution >= 4 is 17.5 Å². The number of fused-ring (bicyclic) bond motifs is 3. The zero-order valence-electron chi connectivity index (χ0n) is 19.7. The van der Waals surface area contributed by atoms with Crippen LogP contribution in [0.2, 0.25) is 0 Å². The number of nitrogens with one attached hydrogen (secondary N) is 3. The van der Waals surface area contributed by atoms with E-state index in [1.807, 2.05) is 6.07 Å². The van der Waals surface area contributed by atoms with E-state index in [2.05, 4.69) is 74.0 Å². The normalized spacial score (nSPS) is 27.4. The summed E-state index contributed by atoms with van der Waals surface area (Å²) in [7, 11) is 0. The number of imidazole rings is 1. The molecule has 3 heterocycles. The second-order valence-corrected chi connectivity index (χ2v) is 9.99. The van der Waals surface area contributed by atoms with Crippen molar-refractivity contribution in [2.75, 3.05) is 11.9 Å². The van der Waals surface area contributed by atoms with E-state index in [1.165, 1.54) is 23.7 Å². The van der Waals surface area contributed by atoms with Crippen molar-refractivity contribution < 1.29 is 9.59 Å². The van der Waals surface area contributed by atoms with Crippen LogP contribution < -0.4 is 10.6 Å². The number of hydrogen-bond donors (Lipinski definition) is 3. The summed E-state index contributed by atoms with van der Waals surface area (Å²) < 4.78 is 0. The van der Waals surface area contributed by atoms with Crippen LogP contribution in [0.1, 0.15) is 65.8 Å². The highest BCUT2D eigenvalue weighted by Gasteiger charge is 2.48. The smallest absolute Gasteiger partial charge is 0.269 e. The van der Waals surface area contributed by atoms with Crippen molar-refractivity contribution in [2.45, 2.75) is 50.2 Å². The van der Waals surface area contributed by atoms with Gasteiger partial charge in [-0.1, -0.05) is 61.4 Å². The fourth-order valence-corrected chi connectivity index (χ4v) is 6.40. The minimum atomic E-state index is -0.202. The van der Waals surface area contributed by atoms with Gasteiger partial charge in [0, 0.05) is 24.2 Å². The Morgan fingerprint density at radius 1 is 0.971 bits per heavy atom. The molecule has 3 aliphatic rings. The summed E-state index contributed by atoms with van der Waals surface area (Å²) in [6.45, 7) is 0.741. The molecule has 6 rings (SSSR count). The SMILES string of the molecule is O=C(N[C@@H]1CCCC[C@@H]1C(=O)N1CC[C@@H]2[C@H](c3ccccc3)Nc3ccccc3[C@@H]21)c1cnc[nH]1. The number of carbonyl (C=O) groups is 2. The number of para-hydroxylation sites is 1. The number of carbonyl (C=O) groups excluding carboxylic acids is 2. The van der Waals surface area contributed by atoms with Gasteiger partial charge < -0.3 is 20.5 Å². The van der Waals surface area contributed by atoms with Gasteiger partial charge in [0.2, 0.25) is 5.91 Å². The van der Waals surface area contributed by atoms with Crippen LogP contribution in [0.5, 0.6) is 0 Å². The standard InChI is InChI=1S/C28H31N5O2/c34-27(24-16-29-17-30-24)32-23-13-7-5-11-20(23)28(35)33-15-14-21-25(18-8-2-1-3-9-18)31-22-12-6-4-10-19(22)26(21)33/h1-4,6,8-10,12,16-17,20-21,23,25-26,31H,5,7,11,13-15H2,(H,29,30)(H,32,34)/t20-,21+,23+,25-,26-/m0/s1. The minimum Gasteiger partial charge on any atom is -0.378 e. The quantitative estimate of drug-likeness (QED) is 0.526. The van der Waals surface area contributed by atoms with Crippen molar-refractivity contribution in [3.05, 3.63) is 83.9 Å². The summed E-state index contributed by atoms with van der Waals surface area (Å²) in [5.41, 5.74) is 3.99. The van der Waals surface area contributed by atoms with Crippen LogP contribution >= 0.6 is 0 Å². The maximum atomic E-state index is 14.1. The van der Waals surface area contributed by atoms with Gasteiger partial charge >= 0.3 is 0 Å². The number of H-pyrrole nitrogens is 1. The molecule has 1 saturated heterocycles. The molecular weight excluding hydrogens is 438 g/mol. The fourth-order valence-electron chi connectivity index (χ4n) is 6.40. The Balaban J connectivity index is 1.29. The van der Waals surface area contributed by atoms with Gasteiger partial charge in [-0.15, -0.1) is 0 Å². The lowest BCUT2D eigenvalue weighted by atomic mass is 9.79. The second kappa shape index (κ2) is 9.21. The summed E-state index contributed by atoms with van der Waals surface area (Å²) in [6.07, 6.45) is 7.64. The average Bonchev–Trinajstić information content (AvgIpc) is 3.60. The highest BCUT2D eigenvalue weighted by Crippen LogP contribution is 2.51. The number of benzene rings is 2.